The number of nitrogens with one attached hydrogen (secondary N) is 2. The summed E-state index contributed by atoms with van der Waals surface area (Å²) >= 11 is 3.17. The predicted octanol–water partition coefficient (Wildman–Crippen LogP) is 1.79. The first kappa shape index (κ1) is 14.6. The summed E-state index contributed by atoms with van der Waals surface area (Å²) in [6.45, 7) is -1.40. The number of hydrogen-bond acceptors (Lipinski definition) is 3. The number of anilines is 1. The van der Waals surface area contributed by atoms with E-state index in [9.17, 15) is 18.0 Å². The molecule has 0 saturated carbocycles. The topological polar surface area (TPSA) is 80.0 Å². The van der Waals surface area contributed by atoms with Gasteiger partial charge in [0.25, 0.3) is 0 Å². The van der Waals surface area contributed by atoms with Crippen molar-refractivity contribution < 1.29 is 18.0 Å². The fourth-order valence-corrected chi connectivity index (χ4v) is 1.43. The first-order valence-corrected chi connectivity index (χ1v) is 5.55. The lowest BCUT2D eigenvalue weighted by Crippen LogP contribution is -2.40. The van der Waals surface area contributed by atoms with Crippen LogP contribution in [0.4, 0.5) is 23.8 Å². The third-order valence-electron chi connectivity index (χ3n) is 1.86. The minimum Gasteiger partial charge on any atom is -0.383 e. The number of urea groups is 1. The summed E-state index contributed by atoms with van der Waals surface area (Å²) in [6, 6.07) is 0.693. The van der Waals surface area contributed by atoms with E-state index in [0.29, 0.717) is 10.0 Å². The van der Waals surface area contributed by atoms with Gasteiger partial charge in [-0.15, -0.1) is 0 Å². The van der Waals surface area contributed by atoms with E-state index >= 15 is 0 Å². The summed E-state index contributed by atoms with van der Waals surface area (Å²) in [5.41, 5.74) is 6.04. The third-order valence-corrected chi connectivity index (χ3v) is 2.29. The molecule has 1 aromatic heterocycles. The summed E-state index contributed by atoms with van der Waals surface area (Å²) < 4.78 is 36.1. The van der Waals surface area contributed by atoms with E-state index in [1.807, 2.05) is 0 Å². The highest BCUT2D eigenvalue weighted by Gasteiger charge is 2.27. The molecular formula is C9H10BrF3N4O. The van der Waals surface area contributed by atoms with Crippen molar-refractivity contribution in [3.63, 3.8) is 0 Å². The van der Waals surface area contributed by atoms with Gasteiger partial charge in [-0.3, -0.25) is 0 Å². The van der Waals surface area contributed by atoms with Crippen LogP contribution in [-0.4, -0.2) is 23.7 Å². The molecule has 100 valence electrons. The lowest BCUT2D eigenvalue weighted by atomic mass is 10.2. The summed E-state index contributed by atoms with van der Waals surface area (Å²) in [4.78, 5) is 14.9. The maximum Gasteiger partial charge on any atom is 0.405 e. The molecule has 4 N–H and O–H groups in total. The van der Waals surface area contributed by atoms with Gasteiger partial charge in [0.15, 0.2) is 0 Å². The average Bonchev–Trinajstić information content (AvgIpc) is 2.26. The molecule has 0 radical (unpaired) electrons. The summed E-state index contributed by atoms with van der Waals surface area (Å²) in [5, 5.41) is 3.93. The number of rotatable bonds is 3. The molecule has 18 heavy (non-hydrogen) atoms. The largest absolute Gasteiger partial charge is 0.405 e. The van der Waals surface area contributed by atoms with E-state index in [4.69, 9.17) is 5.73 Å². The van der Waals surface area contributed by atoms with Crippen LogP contribution in [0.25, 0.3) is 0 Å². The van der Waals surface area contributed by atoms with Gasteiger partial charge in [-0.2, -0.15) is 13.2 Å². The Hall–Kier alpha value is -1.51. The first-order valence-electron chi connectivity index (χ1n) is 4.76. The molecule has 0 unspecified atom stereocenters. The van der Waals surface area contributed by atoms with Crippen LogP contribution in [0.5, 0.6) is 0 Å². The van der Waals surface area contributed by atoms with Crippen molar-refractivity contribution in [2.75, 3.05) is 12.3 Å². The normalized spacial score (nSPS) is 11.1. The molecule has 1 rings (SSSR count). The number of nitrogens with two attached hydrogens (primary N) is 1. The Morgan fingerprint density at radius 1 is 1.44 bits per heavy atom. The first-order chi connectivity index (χ1) is 8.28. The highest BCUT2D eigenvalue weighted by atomic mass is 79.9. The Kier molecular flexibility index (Phi) is 4.76. The van der Waals surface area contributed by atoms with Gasteiger partial charge in [-0.05, 0) is 22.0 Å². The second-order valence-corrected chi connectivity index (χ2v) is 4.26. The molecule has 9 heteroatoms. The predicted molar refractivity (Wildman–Crippen MR) is 62.6 cm³/mol. The molecule has 5 nitrogen and oxygen atoms in total. The van der Waals surface area contributed by atoms with Gasteiger partial charge in [0, 0.05) is 22.8 Å². The van der Waals surface area contributed by atoms with Crippen molar-refractivity contribution in [3.05, 3.63) is 22.3 Å². The Morgan fingerprint density at radius 3 is 2.72 bits per heavy atom. The fourth-order valence-electron chi connectivity index (χ4n) is 1.05. The maximum absolute atomic E-state index is 11.8. The number of amides is 2. The van der Waals surface area contributed by atoms with Crippen molar-refractivity contribution in [3.8, 4) is 0 Å². The summed E-state index contributed by atoms with van der Waals surface area (Å²) in [7, 11) is 0. The molecule has 0 bridgehead atoms. The molecule has 0 aliphatic rings. The van der Waals surface area contributed by atoms with E-state index in [1.54, 1.807) is 11.4 Å². The molecule has 0 aliphatic heterocycles. The number of alkyl halides is 3. The van der Waals surface area contributed by atoms with Crippen molar-refractivity contribution in [2.24, 2.45) is 0 Å². The van der Waals surface area contributed by atoms with Gasteiger partial charge in [0.1, 0.15) is 12.4 Å². The van der Waals surface area contributed by atoms with Crippen LogP contribution in [0.3, 0.4) is 0 Å². The number of aromatic nitrogens is 1. The van der Waals surface area contributed by atoms with Crippen molar-refractivity contribution in [2.45, 2.75) is 12.7 Å². The highest BCUT2D eigenvalue weighted by molar-refractivity contribution is 9.10. The summed E-state index contributed by atoms with van der Waals surface area (Å²) in [5.74, 6) is 0.203. The minimum absolute atomic E-state index is 0.0119. The Morgan fingerprint density at radius 2 is 2.11 bits per heavy atom. The number of carbonyl (C=O) groups excluding carboxylic acids is 1. The van der Waals surface area contributed by atoms with Gasteiger partial charge in [-0.25, -0.2) is 9.78 Å². The number of nitrogen functional groups attached to an aromatic ring is 1. The van der Waals surface area contributed by atoms with Gasteiger partial charge >= 0.3 is 12.2 Å². The number of nitrogens with zero attached hydrogens (tertiary/aromatic N) is 1. The van der Waals surface area contributed by atoms with Crippen LogP contribution in [0.1, 0.15) is 5.56 Å². The van der Waals surface area contributed by atoms with E-state index in [1.165, 1.54) is 6.20 Å². The van der Waals surface area contributed by atoms with Gasteiger partial charge in [0.05, 0.1) is 0 Å². The Bertz CT molecular complexity index is 438. The zero-order chi connectivity index (χ0) is 13.8. The van der Waals surface area contributed by atoms with Crippen LogP contribution in [0.2, 0.25) is 0 Å². The molecular weight excluding hydrogens is 317 g/mol. The minimum atomic E-state index is -4.44. The van der Waals surface area contributed by atoms with Crippen molar-refractivity contribution >= 4 is 27.8 Å². The molecule has 0 saturated heterocycles. The SMILES string of the molecule is Nc1ncc(Br)cc1CNC(=O)NCC(F)(F)F. The molecule has 0 aliphatic carbocycles. The molecule has 0 atom stereocenters. The molecule has 0 spiro atoms. The molecule has 1 heterocycles. The van der Waals surface area contributed by atoms with Gasteiger partial charge < -0.3 is 16.4 Å². The van der Waals surface area contributed by atoms with Crippen LogP contribution >= 0.6 is 15.9 Å². The molecule has 2 amide bonds. The number of pyridine rings is 1. The van der Waals surface area contributed by atoms with E-state index in [2.05, 4.69) is 26.2 Å². The zero-order valence-corrected chi connectivity index (χ0v) is 10.6. The highest BCUT2D eigenvalue weighted by Crippen LogP contribution is 2.15. The van der Waals surface area contributed by atoms with Crippen molar-refractivity contribution in [1.82, 2.24) is 15.6 Å². The zero-order valence-electron chi connectivity index (χ0n) is 9.01. The molecule has 1 aromatic rings. The van der Waals surface area contributed by atoms with Gasteiger partial charge in [0.2, 0.25) is 0 Å². The number of halogens is 4. The average molecular weight is 327 g/mol. The molecule has 0 aromatic carbocycles. The smallest absolute Gasteiger partial charge is 0.383 e. The van der Waals surface area contributed by atoms with E-state index in [-0.39, 0.29) is 12.4 Å². The van der Waals surface area contributed by atoms with Crippen molar-refractivity contribution in [1.29, 1.82) is 0 Å². The maximum atomic E-state index is 11.8. The lowest BCUT2D eigenvalue weighted by Gasteiger charge is -2.10. The number of hydrogen-bond donors (Lipinski definition) is 3. The standard InChI is InChI=1S/C9H10BrF3N4O/c10-6-1-5(7(14)15-3-6)2-16-8(18)17-4-9(11,12)13/h1,3H,2,4H2,(H2,14,15)(H2,16,17,18). The van der Waals surface area contributed by atoms with Crippen LogP contribution in [-0.2, 0) is 6.54 Å². The number of carbonyl (C=O) groups is 1. The van der Waals surface area contributed by atoms with Crippen LogP contribution in [0, 0.1) is 0 Å². The van der Waals surface area contributed by atoms with E-state index in [0.717, 1.165) is 0 Å². The van der Waals surface area contributed by atoms with E-state index < -0.39 is 18.8 Å². The lowest BCUT2D eigenvalue weighted by molar-refractivity contribution is -0.122. The quantitative estimate of drug-likeness (QED) is 0.792. The Labute approximate surface area is 109 Å². The van der Waals surface area contributed by atoms with Gasteiger partial charge in [-0.1, -0.05) is 0 Å². The fraction of sp³-hybridized carbons (Fsp3) is 0.333. The summed E-state index contributed by atoms with van der Waals surface area (Å²) in [6.07, 6.45) is -2.96. The van der Waals surface area contributed by atoms with Crippen LogP contribution in [0.15, 0.2) is 16.7 Å². The molecule has 0 fully saturated rings. The Balaban J connectivity index is 2.45. The second-order valence-electron chi connectivity index (χ2n) is 3.35. The second kappa shape index (κ2) is 5.89. The monoisotopic (exact) mass is 326 g/mol. The third kappa shape index (κ3) is 5.21. The van der Waals surface area contributed by atoms with Crippen LogP contribution < -0.4 is 16.4 Å².